The molecule has 1 aliphatic heterocycles. The summed E-state index contributed by atoms with van der Waals surface area (Å²) in [7, 11) is 0. The minimum absolute atomic E-state index is 0.0217. The molecule has 29 heavy (non-hydrogen) atoms. The molecule has 0 bridgehead atoms. The fraction of sp³-hybridized carbons (Fsp3) is 0.278. The molecule has 2 aromatic carbocycles. The van der Waals surface area contributed by atoms with Gasteiger partial charge in [0, 0.05) is 22.7 Å². The van der Waals surface area contributed by atoms with E-state index < -0.39 is 35.5 Å². The van der Waals surface area contributed by atoms with Gasteiger partial charge in [-0.25, -0.2) is 0 Å². The first-order valence-electron chi connectivity index (χ1n) is 8.17. The zero-order valence-corrected chi connectivity index (χ0v) is 15.3. The summed E-state index contributed by atoms with van der Waals surface area (Å²) in [6.45, 7) is 0.408. The Hall–Kier alpha value is -2.24. The lowest BCUT2D eigenvalue weighted by Gasteiger charge is -2.32. The minimum atomic E-state index is -5.97. The van der Waals surface area contributed by atoms with Gasteiger partial charge in [-0.05, 0) is 35.4 Å². The van der Waals surface area contributed by atoms with Crippen LogP contribution < -0.4 is 10.6 Å². The molecule has 1 amide bonds. The summed E-state index contributed by atoms with van der Waals surface area (Å²) >= 11 is 4.21. The molecule has 0 radical (unpaired) electrons. The number of rotatable bonds is 3. The average Bonchev–Trinajstić information content (AvgIpc) is 3.02. The molecule has 0 spiro atoms. The maximum absolute atomic E-state index is 12.9. The summed E-state index contributed by atoms with van der Waals surface area (Å²) in [6.07, 6.45) is -11.9. The Bertz CT molecular complexity index is 913. The van der Waals surface area contributed by atoms with E-state index in [9.17, 15) is 36.2 Å². The van der Waals surface area contributed by atoms with Gasteiger partial charge in [0.1, 0.15) is 6.04 Å². The zero-order valence-electron chi connectivity index (χ0n) is 14.4. The molecule has 4 nitrogen and oxygen atoms in total. The Morgan fingerprint density at radius 3 is 2.17 bits per heavy atom. The van der Waals surface area contributed by atoms with Crippen LogP contribution in [0, 0.1) is 0 Å². The number of halogens is 6. The van der Waals surface area contributed by atoms with Crippen LogP contribution >= 0.6 is 12.6 Å². The Morgan fingerprint density at radius 1 is 1.03 bits per heavy atom. The molecule has 0 saturated carbocycles. The number of hydrogen-bond acceptors (Lipinski definition) is 4. The third kappa shape index (κ3) is 3.81. The van der Waals surface area contributed by atoms with Gasteiger partial charge in [0.25, 0.3) is 5.60 Å². The molecule has 2 aromatic rings. The molecule has 3 N–H and O–H groups in total. The number of alkyl halides is 6. The second-order valence-corrected chi connectivity index (χ2v) is 6.99. The summed E-state index contributed by atoms with van der Waals surface area (Å²) in [5.41, 5.74) is -4.89. The van der Waals surface area contributed by atoms with Crippen LogP contribution in [0.5, 0.6) is 0 Å². The van der Waals surface area contributed by atoms with E-state index in [-0.39, 0.29) is 5.69 Å². The van der Waals surface area contributed by atoms with E-state index in [0.717, 1.165) is 17.7 Å². The molecule has 0 aromatic heterocycles. The van der Waals surface area contributed by atoms with Crippen molar-refractivity contribution in [2.75, 3.05) is 5.32 Å². The Balaban J connectivity index is 1.81. The van der Waals surface area contributed by atoms with Crippen molar-refractivity contribution >= 4 is 24.2 Å². The van der Waals surface area contributed by atoms with Crippen molar-refractivity contribution in [1.29, 1.82) is 0 Å². The third-order valence-electron chi connectivity index (χ3n) is 4.59. The lowest BCUT2D eigenvalue weighted by molar-refractivity contribution is -0.376. The minimum Gasteiger partial charge on any atom is -0.369 e. The van der Waals surface area contributed by atoms with Crippen molar-refractivity contribution in [2.24, 2.45) is 0 Å². The van der Waals surface area contributed by atoms with Gasteiger partial charge >= 0.3 is 12.4 Å². The van der Waals surface area contributed by atoms with E-state index >= 15 is 0 Å². The molecule has 156 valence electrons. The zero-order chi connectivity index (χ0) is 21.6. The Labute approximate surface area is 166 Å². The van der Waals surface area contributed by atoms with Gasteiger partial charge in [0.15, 0.2) is 0 Å². The van der Waals surface area contributed by atoms with Gasteiger partial charge in [-0.2, -0.15) is 26.3 Å². The molecule has 1 atom stereocenters. The molecule has 3 rings (SSSR count). The van der Waals surface area contributed by atoms with Crippen LogP contribution in [-0.4, -0.2) is 23.4 Å². The maximum Gasteiger partial charge on any atom is 0.430 e. The summed E-state index contributed by atoms with van der Waals surface area (Å²) < 4.78 is 77.5. The van der Waals surface area contributed by atoms with Crippen molar-refractivity contribution in [3.8, 4) is 0 Å². The van der Waals surface area contributed by atoms with E-state index in [0.29, 0.717) is 29.1 Å². The first kappa shape index (κ1) is 21.5. The van der Waals surface area contributed by atoms with Crippen LogP contribution in [0.1, 0.15) is 22.7 Å². The van der Waals surface area contributed by atoms with Gasteiger partial charge in [-0.15, -0.1) is 12.6 Å². The van der Waals surface area contributed by atoms with E-state index in [4.69, 9.17) is 0 Å². The summed E-state index contributed by atoms with van der Waals surface area (Å²) in [4.78, 5) is 13.2. The fourth-order valence-electron chi connectivity index (χ4n) is 3.08. The smallest absolute Gasteiger partial charge is 0.369 e. The first-order valence-corrected chi connectivity index (χ1v) is 8.61. The number of amides is 1. The summed E-state index contributed by atoms with van der Waals surface area (Å²) in [5, 5.41) is 14.8. The summed E-state index contributed by atoms with van der Waals surface area (Å²) in [5.74, 6) is -0.537. The van der Waals surface area contributed by atoms with E-state index in [1.54, 1.807) is 18.2 Å². The molecule has 0 fully saturated rings. The molecule has 1 heterocycles. The molecular formula is C18H14F6N2O2S. The molecule has 1 aliphatic rings. The highest BCUT2D eigenvalue weighted by molar-refractivity contribution is 7.80. The number of benzene rings is 2. The van der Waals surface area contributed by atoms with Crippen molar-refractivity contribution in [2.45, 2.75) is 35.4 Å². The number of anilines is 1. The lowest BCUT2D eigenvalue weighted by Crippen LogP contribution is -2.53. The van der Waals surface area contributed by atoms with Crippen LogP contribution in [0.4, 0.5) is 32.0 Å². The second-order valence-electron chi connectivity index (χ2n) is 6.47. The highest BCUT2D eigenvalue weighted by Crippen LogP contribution is 2.50. The summed E-state index contributed by atoms with van der Waals surface area (Å²) in [6, 6.07) is 7.12. The van der Waals surface area contributed by atoms with Gasteiger partial charge in [0.2, 0.25) is 5.91 Å². The normalized spacial score (nSPS) is 17.2. The van der Waals surface area contributed by atoms with Crippen LogP contribution in [0.15, 0.2) is 47.4 Å². The number of nitrogens with one attached hydrogen (secondary N) is 2. The molecule has 11 heteroatoms. The Morgan fingerprint density at radius 2 is 1.62 bits per heavy atom. The average molecular weight is 436 g/mol. The Kier molecular flexibility index (Phi) is 5.35. The van der Waals surface area contributed by atoms with Crippen molar-refractivity contribution in [3.05, 3.63) is 59.2 Å². The SMILES string of the molecule is O=C(Nc1ccc(C(O)(C(F)(F)F)C(F)(F)F)cc1)C1NCc2cc(S)ccc21. The van der Waals surface area contributed by atoms with Crippen LogP contribution in [-0.2, 0) is 16.9 Å². The maximum atomic E-state index is 12.9. The quantitative estimate of drug-likeness (QED) is 0.434. The number of carbonyl (C=O) groups excluding carboxylic acids is 1. The second kappa shape index (κ2) is 7.22. The monoisotopic (exact) mass is 436 g/mol. The van der Waals surface area contributed by atoms with Crippen molar-refractivity contribution in [1.82, 2.24) is 5.32 Å². The van der Waals surface area contributed by atoms with Crippen LogP contribution in [0.25, 0.3) is 0 Å². The largest absolute Gasteiger partial charge is 0.430 e. The van der Waals surface area contributed by atoms with Gasteiger partial charge in [-0.3, -0.25) is 10.1 Å². The van der Waals surface area contributed by atoms with Gasteiger partial charge < -0.3 is 10.4 Å². The fourth-order valence-corrected chi connectivity index (χ4v) is 3.31. The first-order chi connectivity index (χ1) is 13.3. The molecule has 0 saturated heterocycles. The van der Waals surface area contributed by atoms with Gasteiger partial charge in [0.05, 0.1) is 0 Å². The number of fused-ring (bicyclic) bond motifs is 1. The van der Waals surface area contributed by atoms with Crippen molar-refractivity contribution in [3.63, 3.8) is 0 Å². The van der Waals surface area contributed by atoms with Crippen molar-refractivity contribution < 1.29 is 36.2 Å². The number of aliphatic hydroxyl groups is 1. The predicted octanol–water partition coefficient (Wildman–Crippen LogP) is 4.07. The highest BCUT2D eigenvalue weighted by Gasteiger charge is 2.71. The molecule has 1 unspecified atom stereocenters. The number of carbonyl (C=O) groups is 1. The van der Waals surface area contributed by atoms with Crippen LogP contribution in [0.2, 0.25) is 0 Å². The molecular weight excluding hydrogens is 422 g/mol. The van der Waals surface area contributed by atoms with E-state index in [1.165, 1.54) is 0 Å². The predicted molar refractivity (Wildman–Crippen MR) is 94.4 cm³/mol. The molecule has 0 aliphatic carbocycles. The topological polar surface area (TPSA) is 61.4 Å². The number of thiol groups is 1. The highest BCUT2D eigenvalue weighted by atomic mass is 32.1. The number of hydrogen-bond donors (Lipinski definition) is 4. The lowest BCUT2D eigenvalue weighted by atomic mass is 9.92. The van der Waals surface area contributed by atoms with E-state index in [1.807, 2.05) is 0 Å². The standard InChI is InChI=1S/C18H14F6N2O2S/c19-17(20,21)16(28,18(22,23)24)10-1-3-11(4-2-10)26-15(27)14-13-6-5-12(29)7-9(13)8-25-14/h1-7,14,25,28-29H,8H2,(H,26,27). The van der Waals surface area contributed by atoms with Crippen LogP contribution in [0.3, 0.4) is 0 Å². The van der Waals surface area contributed by atoms with E-state index in [2.05, 4.69) is 23.3 Å². The third-order valence-corrected chi connectivity index (χ3v) is 4.87. The van der Waals surface area contributed by atoms with Gasteiger partial charge in [-0.1, -0.05) is 18.2 Å².